The number of aromatic hydroxyl groups is 1. The largest absolute Gasteiger partial charge is 1.00 e. The van der Waals surface area contributed by atoms with Gasteiger partial charge in [-0.25, -0.2) is 0 Å². The van der Waals surface area contributed by atoms with E-state index in [9.17, 15) is 5.11 Å². The van der Waals surface area contributed by atoms with E-state index in [1.165, 1.54) is 0 Å². The minimum Gasteiger partial charge on any atom is -1.00 e. The van der Waals surface area contributed by atoms with Crippen LogP contribution in [0.4, 0.5) is 0 Å². The van der Waals surface area contributed by atoms with Gasteiger partial charge < -0.3 is 26.8 Å². The summed E-state index contributed by atoms with van der Waals surface area (Å²) in [7, 11) is 1.55. The molecule has 0 fully saturated rings. The molecule has 0 aliphatic heterocycles. The van der Waals surface area contributed by atoms with Crippen LogP contribution in [-0.2, 0) is 6.54 Å². The molecule has 2 aromatic rings. The monoisotopic (exact) mass is 335 g/mol. The first-order chi connectivity index (χ1) is 9.24. The van der Waals surface area contributed by atoms with Gasteiger partial charge in [-0.2, -0.15) is 4.57 Å². The Hall–Kier alpha value is -1.81. The van der Waals surface area contributed by atoms with E-state index in [4.69, 9.17) is 4.74 Å². The number of hydrogen-bond acceptors (Lipinski definition) is 2. The molecule has 1 aromatic carbocycles. The number of halogens is 1. The van der Waals surface area contributed by atoms with Crippen molar-refractivity contribution in [1.29, 1.82) is 0 Å². The number of aryl methyl sites for hydroxylation is 1. The average Bonchev–Trinajstić information content (AvgIpc) is 2.46. The lowest BCUT2D eigenvalue weighted by Crippen LogP contribution is -3.00. The maximum absolute atomic E-state index is 9.55. The van der Waals surface area contributed by atoms with E-state index in [1.807, 2.05) is 30.3 Å². The molecule has 0 spiro atoms. The molecule has 0 saturated heterocycles. The quantitative estimate of drug-likeness (QED) is 0.790. The molecule has 106 valence electrons. The van der Waals surface area contributed by atoms with Crippen LogP contribution < -0.4 is 26.3 Å². The fraction of sp³-hybridized carbons (Fsp3) is 0.188. The summed E-state index contributed by atoms with van der Waals surface area (Å²) in [4.78, 5) is 0. The second-order valence-electron chi connectivity index (χ2n) is 4.18. The summed E-state index contributed by atoms with van der Waals surface area (Å²) in [5, 5.41) is 9.55. The third-order valence-corrected chi connectivity index (χ3v) is 2.97. The molecular weight excluding hydrogens is 318 g/mol. The lowest BCUT2D eigenvalue weighted by atomic mass is 10.1. The first kappa shape index (κ1) is 16.2. The highest BCUT2D eigenvalue weighted by Gasteiger charge is 2.04. The summed E-state index contributed by atoms with van der Waals surface area (Å²) in [6.45, 7) is 3.04. The highest BCUT2D eigenvalue weighted by atomic mass is 79.9. The minimum absolute atomic E-state index is 0. The SMILES string of the molecule is CC[n+]1ccccc1C=Cc1ccc(O)c(OC)c1.[Br-]. The lowest BCUT2D eigenvalue weighted by Gasteiger charge is -2.03. The van der Waals surface area contributed by atoms with Gasteiger partial charge in [-0.3, -0.25) is 0 Å². The maximum atomic E-state index is 9.55. The standard InChI is InChI=1S/C16H17NO2.BrH/c1-3-17-11-5-4-6-14(17)9-7-13-8-10-15(18)16(12-13)19-2;/h4-12H,3H2,1-2H3;1H. The molecule has 0 aliphatic carbocycles. The van der Waals surface area contributed by atoms with Gasteiger partial charge in [-0.05, 0) is 36.8 Å². The van der Waals surface area contributed by atoms with Crippen LogP contribution in [0.25, 0.3) is 12.2 Å². The second kappa shape index (κ2) is 7.70. The molecule has 1 heterocycles. The summed E-state index contributed by atoms with van der Waals surface area (Å²) < 4.78 is 7.25. The van der Waals surface area contributed by atoms with Crippen LogP contribution in [0, 0.1) is 0 Å². The molecular formula is C16H18BrNO2. The van der Waals surface area contributed by atoms with Crippen LogP contribution >= 0.6 is 0 Å². The molecule has 3 nitrogen and oxygen atoms in total. The normalized spacial score (nSPS) is 10.3. The molecule has 1 N–H and O–H groups in total. The van der Waals surface area contributed by atoms with Crippen LogP contribution in [0.15, 0.2) is 42.6 Å². The molecule has 4 heteroatoms. The summed E-state index contributed by atoms with van der Waals surface area (Å²) in [5.74, 6) is 0.640. The van der Waals surface area contributed by atoms with Crippen molar-refractivity contribution in [2.24, 2.45) is 0 Å². The maximum Gasteiger partial charge on any atom is 0.205 e. The Morgan fingerprint density at radius 1 is 1.20 bits per heavy atom. The number of ether oxygens (including phenoxy) is 1. The van der Waals surface area contributed by atoms with Crippen molar-refractivity contribution >= 4 is 12.2 Å². The number of phenols is 1. The summed E-state index contributed by atoms with van der Waals surface area (Å²) in [5.41, 5.74) is 2.12. The van der Waals surface area contributed by atoms with Crippen molar-refractivity contribution in [3.8, 4) is 11.5 Å². The smallest absolute Gasteiger partial charge is 0.205 e. The second-order valence-corrected chi connectivity index (χ2v) is 4.18. The molecule has 1 aromatic heterocycles. The Balaban J connectivity index is 0.00000200. The van der Waals surface area contributed by atoms with Gasteiger partial charge >= 0.3 is 0 Å². The van der Waals surface area contributed by atoms with Crippen molar-refractivity contribution in [2.75, 3.05) is 7.11 Å². The zero-order valence-corrected chi connectivity index (χ0v) is 13.2. The predicted octanol–water partition coefficient (Wildman–Crippen LogP) is -0.117. The fourth-order valence-electron chi connectivity index (χ4n) is 1.91. The number of phenolic OH excluding ortho intramolecular Hbond substituents is 1. The number of aromatic nitrogens is 1. The molecule has 0 bridgehead atoms. The highest BCUT2D eigenvalue weighted by molar-refractivity contribution is 5.68. The predicted molar refractivity (Wildman–Crippen MR) is 75.9 cm³/mol. The van der Waals surface area contributed by atoms with Crippen LogP contribution in [0.5, 0.6) is 11.5 Å². The van der Waals surface area contributed by atoms with Gasteiger partial charge in [0.05, 0.1) is 7.11 Å². The van der Waals surface area contributed by atoms with Crippen molar-refractivity contribution in [2.45, 2.75) is 13.5 Å². The number of hydrogen-bond donors (Lipinski definition) is 1. The first-order valence-corrected chi connectivity index (χ1v) is 6.28. The Labute approximate surface area is 129 Å². The summed E-state index contributed by atoms with van der Waals surface area (Å²) >= 11 is 0. The van der Waals surface area contributed by atoms with E-state index in [0.717, 1.165) is 17.8 Å². The fourth-order valence-corrected chi connectivity index (χ4v) is 1.91. The molecule has 0 saturated carbocycles. The van der Waals surface area contributed by atoms with Crippen molar-refractivity contribution in [3.05, 3.63) is 53.9 Å². The Morgan fingerprint density at radius 3 is 2.70 bits per heavy atom. The molecule has 0 atom stereocenters. The van der Waals surface area contributed by atoms with Crippen molar-refractivity contribution in [3.63, 3.8) is 0 Å². The van der Waals surface area contributed by atoms with Gasteiger partial charge in [0.15, 0.2) is 17.7 Å². The zero-order chi connectivity index (χ0) is 13.7. The van der Waals surface area contributed by atoms with E-state index in [-0.39, 0.29) is 22.7 Å². The average molecular weight is 336 g/mol. The third-order valence-electron chi connectivity index (χ3n) is 2.97. The van der Waals surface area contributed by atoms with Crippen LogP contribution in [0.2, 0.25) is 0 Å². The van der Waals surface area contributed by atoms with E-state index in [2.05, 4.69) is 29.8 Å². The van der Waals surface area contributed by atoms with E-state index < -0.39 is 0 Å². The topological polar surface area (TPSA) is 33.3 Å². The molecule has 0 amide bonds. The molecule has 0 unspecified atom stereocenters. The number of pyridine rings is 1. The first-order valence-electron chi connectivity index (χ1n) is 6.28. The number of nitrogens with zero attached hydrogens (tertiary/aromatic N) is 1. The van der Waals surface area contributed by atoms with Crippen molar-refractivity contribution in [1.82, 2.24) is 0 Å². The van der Waals surface area contributed by atoms with E-state index in [1.54, 1.807) is 13.2 Å². The van der Waals surface area contributed by atoms with Gasteiger partial charge in [0.25, 0.3) is 0 Å². The molecule has 0 radical (unpaired) electrons. The van der Waals surface area contributed by atoms with Gasteiger partial charge in [0.1, 0.15) is 6.54 Å². The minimum atomic E-state index is 0. The highest BCUT2D eigenvalue weighted by Crippen LogP contribution is 2.26. The Morgan fingerprint density at radius 2 is 2.00 bits per heavy atom. The Kier molecular flexibility index (Phi) is 6.25. The molecule has 2 rings (SSSR count). The zero-order valence-electron chi connectivity index (χ0n) is 11.6. The van der Waals surface area contributed by atoms with Crippen LogP contribution in [-0.4, -0.2) is 12.2 Å². The number of benzene rings is 1. The molecule has 20 heavy (non-hydrogen) atoms. The van der Waals surface area contributed by atoms with Crippen LogP contribution in [0.3, 0.4) is 0 Å². The van der Waals surface area contributed by atoms with Gasteiger partial charge in [-0.15, -0.1) is 0 Å². The summed E-state index contributed by atoms with van der Waals surface area (Å²) in [6, 6.07) is 11.4. The van der Waals surface area contributed by atoms with Gasteiger partial charge in [-0.1, -0.05) is 6.07 Å². The van der Waals surface area contributed by atoms with Gasteiger partial charge in [0, 0.05) is 18.2 Å². The summed E-state index contributed by atoms with van der Waals surface area (Å²) in [6.07, 6.45) is 6.11. The van der Waals surface area contributed by atoms with E-state index >= 15 is 0 Å². The van der Waals surface area contributed by atoms with Crippen LogP contribution in [0.1, 0.15) is 18.2 Å². The number of rotatable bonds is 4. The number of methoxy groups -OCH3 is 1. The lowest BCUT2D eigenvalue weighted by molar-refractivity contribution is -0.695. The third kappa shape index (κ3) is 3.84. The van der Waals surface area contributed by atoms with Crippen molar-refractivity contribution < 1.29 is 31.4 Å². The van der Waals surface area contributed by atoms with E-state index in [0.29, 0.717) is 5.75 Å². The molecule has 0 aliphatic rings. The van der Waals surface area contributed by atoms with Gasteiger partial charge in [0.2, 0.25) is 5.69 Å². The Bertz CT molecular complexity index is 597.